The van der Waals surface area contributed by atoms with Gasteiger partial charge in [0.2, 0.25) is 5.95 Å². The number of benzene rings is 1. The fraction of sp³-hybridized carbons (Fsp3) is 0.353. The molecule has 0 spiro atoms. The largest absolute Gasteiger partial charge is 0.383 e. The number of fused-ring (bicyclic) bond motifs is 1. The van der Waals surface area contributed by atoms with E-state index in [0.717, 1.165) is 19.4 Å². The van der Waals surface area contributed by atoms with Gasteiger partial charge < -0.3 is 15.8 Å². The van der Waals surface area contributed by atoms with E-state index in [4.69, 9.17) is 10.5 Å². The topological polar surface area (TPSA) is 90.9 Å². The summed E-state index contributed by atoms with van der Waals surface area (Å²) < 4.78 is 20.8. The quantitative estimate of drug-likeness (QED) is 0.756. The van der Waals surface area contributed by atoms with Gasteiger partial charge in [0.15, 0.2) is 5.65 Å². The number of aryl methyl sites for hydroxylation is 1. The molecule has 1 atom stereocenters. The number of anilines is 2. The number of ether oxygens (including phenoxy) is 1. The lowest BCUT2D eigenvalue weighted by Crippen LogP contribution is -2.19. The molecular weight excluding hydrogens is 323 g/mol. The fourth-order valence-corrected chi connectivity index (χ4v) is 3.05. The van der Waals surface area contributed by atoms with Gasteiger partial charge in [-0.25, -0.2) is 9.37 Å². The molecule has 4 rings (SSSR count). The highest BCUT2D eigenvalue weighted by molar-refractivity contribution is 5.98. The molecule has 1 unspecified atom stereocenters. The molecule has 1 fully saturated rings. The lowest BCUT2D eigenvalue weighted by molar-refractivity contribution is 0.120. The third kappa shape index (κ3) is 3.00. The first kappa shape index (κ1) is 15.8. The molecule has 1 aliphatic rings. The van der Waals surface area contributed by atoms with Crippen LogP contribution in [0.25, 0.3) is 22.3 Å². The highest BCUT2D eigenvalue weighted by atomic mass is 19.1. The summed E-state index contributed by atoms with van der Waals surface area (Å²) in [6.07, 6.45) is 2.24. The minimum absolute atomic E-state index is 0.158. The maximum atomic E-state index is 13.7. The maximum absolute atomic E-state index is 13.7. The number of nitrogens with one attached hydrogen (secondary N) is 1. The van der Waals surface area contributed by atoms with Crippen molar-refractivity contribution in [2.75, 3.05) is 24.2 Å². The second kappa shape index (κ2) is 6.29. The second-order valence-corrected chi connectivity index (χ2v) is 6.13. The molecule has 3 N–H and O–H groups in total. The number of hydrogen-bond acceptors (Lipinski definition) is 6. The van der Waals surface area contributed by atoms with Gasteiger partial charge in [-0.05, 0) is 25.0 Å². The molecule has 0 aliphatic carbocycles. The molecule has 1 aliphatic heterocycles. The van der Waals surface area contributed by atoms with Gasteiger partial charge in [0.1, 0.15) is 11.6 Å². The molecule has 7 nitrogen and oxygen atoms in total. The Labute approximate surface area is 144 Å². The van der Waals surface area contributed by atoms with Crippen molar-refractivity contribution in [1.82, 2.24) is 19.7 Å². The Morgan fingerprint density at radius 1 is 1.40 bits per heavy atom. The highest BCUT2D eigenvalue weighted by Gasteiger charge is 2.19. The molecule has 1 aromatic carbocycles. The molecule has 0 amide bonds. The van der Waals surface area contributed by atoms with Crippen molar-refractivity contribution in [1.29, 1.82) is 0 Å². The average molecular weight is 342 g/mol. The molecule has 0 radical (unpaired) electrons. The Balaban J connectivity index is 1.77. The minimum Gasteiger partial charge on any atom is -0.383 e. The summed E-state index contributed by atoms with van der Waals surface area (Å²) in [5, 5.41) is 8.16. The van der Waals surface area contributed by atoms with Gasteiger partial charge in [-0.2, -0.15) is 10.1 Å². The standard InChI is InChI=1S/C17H19FN6O/c1-24-15(19)13-14(10-4-2-5-11(18)8-10)21-17(22-16(13)23-24)20-9-12-6-3-7-25-12/h2,4-5,8,12H,3,6-7,9,19H2,1H3,(H,20,22,23). The molecule has 3 aromatic rings. The van der Waals surface area contributed by atoms with E-state index in [1.807, 2.05) is 0 Å². The summed E-state index contributed by atoms with van der Waals surface area (Å²) in [6.45, 7) is 1.41. The van der Waals surface area contributed by atoms with Crippen LogP contribution in [0.2, 0.25) is 0 Å². The first-order valence-corrected chi connectivity index (χ1v) is 8.23. The van der Waals surface area contributed by atoms with E-state index in [0.29, 0.717) is 40.6 Å². The van der Waals surface area contributed by atoms with Crippen molar-refractivity contribution in [3.05, 3.63) is 30.1 Å². The number of rotatable bonds is 4. The monoisotopic (exact) mass is 342 g/mol. The number of hydrogen-bond donors (Lipinski definition) is 2. The summed E-state index contributed by atoms with van der Waals surface area (Å²) in [6, 6.07) is 6.26. The third-order valence-electron chi connectivity index (χ3n) is 4.35. The van der Waals surface area contributed by atoms with E-state index in [2.05, 4.69) is 20.4 Å². The Bertz CT molecular complexity index is 919. The molecule has 0 bridgehead atoms. The predicted octanol–water partition coefficient (Wildman–Crippen LogP) is 2.34. The van der Waals surface area contributed by atoms with E-state index in [1.54, 1.807) is 23.9 Å². The number of nitrogen functional groups attached to an aromatic ring is 1. The van der Waals surface area contributed by atoms with Crippen molar-refractivity contribution in [2.45, 2.75) is 18.9 Å². The van der Waals surface area contributed by atoms with Crippen molar-refractivity contribution in [3.8, 4) is 11.3 Å². The van der Waals surface area contributed by atoms with Crippen LogP contribution in [-0.2, 0) is 11.8 Å². The minimum atomic E-state index is -0.333. The van der Waals surface area contributed by atoms with Crippen LogP contribution in [-0.4, -0.2) is 39.0 Å². The zero-order valence-electron chi connectivity index (χ0n) is 13.9. The van der Waals surface area contributed by atoms with Gasteiger partial charge in [0.25, 0.3) is 0 Å². The van der Waals surface area contributed by atoms with Crippen LogP contribution >= 0.6 is 0 Å². The van der Waals surface area contributed by atoms with Gasteiger partial charge >= 0.3 is 0 Å². The van der Waals surface area contributed by atoms with Crippen LogP contribution in [0, 0.1) is 5.82 Å². The molecule has 3 heterocycles. The van der Waals surface area contributed by atoms with E-state index in [9.17, 15) is 4.39 Å². The number of nitrogens with zero attached hydrogens (tertiary/aromatic N) is 4. The lowest BCUT2D eigenvalue weighted by atomic mass is 10.1. The van der Waals surface area contributed by atoms with Crippen LogP contribution in [0.15, 0.2) is 24.3 Å². The summed E-state index contributed by atoms with van der Waals surface area (Å²) in [5.41, 5.74) is 7.79. The van der Waals surface area contributed by atoms with Crippen molar-refractivity contribution >= 4 is 22.8 Å². The van der Waals surface area contributed by atoms with Crippen LogP contribution in [0.5, 0.6) is 0 Å². The Morgan fingerprint density at radius 3 is 3.04 bits per heavy atom. The summed E-state index contributed by atoms with van der Waals surface area (Å²) in [5.74, 6) is 0.542. The molecule has 1 saturated heterocycles. The number of nitrogens with two attached hydrogens (primary N) is 1. The Hall–Kier alpha value is -2.74. The summed E-state index contributed by atoms with van der Waals surface area (Å²) >= 11 is 0. The molecule has 130 valence electrons. The molecular formula is C17H19FN6O. The zero-order chi connectivity index (χ0) is 17.4. The zero-order valence-corrected chi connectivity index (χ0v) is 13.9. The predicted molar refractivity (Wildman–Crippen MR) is 93.6 cm³/mol. The van der Waals surface area contributed by atoms with Crippen LogP contribution in [0.4, 0.5) is 16.2 Å². The van der Waals surface area contributed by atoms with E-state index in [1.165, 1.54) is 12.1 Å². The van der Waals surface area contributed by atoms with E-state index < -0.39 is 0 Å². The Kier molecular flexibility index (Phi) is 3.96. The molecule has 8 heteroatoms. The molecule has 2 aromatic heterocycles. The van der Waals surface area contributed by atoms with Gasteiger partial charge in [0, 0.05) is 25.8 Å². The van der Waals surface area contributed by atoms with Crippen molar-refractivity contribution in [3.63, 3.8) is 0 Å². The van der Waals surface area contributed by atoms with Crippen LogP contribution < -0.4 is 11.1 Å². The van der Waals surface area contributed by atoms with E-state index >= 15 is 0 Å². The fourth-order valence-electron chi connectivity index (χ4n) is 3.05. The van der Waals surface area contributed by atoms with Gasteiger partial charge in [-0.15, -0.1) is 0 Å². The molecule has 25 heavy (non-hydrogen) atoms. The number of aromatic nitrogens is 4. The van der Waals surface area contributed by atoms with E-state index in [-0.39, 0.29) is 11.9 Å². The Morgan fingerprint density at radius 2 is 2.28 bits per heavy atom. The normalized spacial score (nSPS) is 17.3. The van der Waals surface area contributed by atoms with Gasteiger partial charge in [-0.3, -0.25) is 4.68 Å². The van der Waals surface area contributed by atoms with Crippen molar-refractivity contribution < 1.29 is 9.13 Å². The average Bonchev–Trinajstić information content (AvgIpc) is 3.21. The molecule has 0 saturated carbocycles. The summed E-state index contributed by atoms with van der Waals surface area (Å²) in [7, 11) is 1.74. The van der Waals surface area contributed by atoms with Crippen LogP contribution in [0.1, 0.15) is 12.8 Å². The van der Waals surface area contributed by atoms with Crippen LogP contribution in [0.3, 0.4) is 0 Å². The maximum Gasteiger partial charge on any atom is 0.225 e. The lowest BCUT2D eigenvalue weighted by Gasteiger charge is -2.12. The second-order valence-electron chi connectivity index (χ2n) is 6.13. The number of halogens is 1. The highest BCUT2D eigenvalue weighted by Crippen LogP contribution is 2.31. The van der Waals surface area contributed by atoms with Gasteiger partial charge in [0.05, 0.1) is 17.2 Å². The summed E-state index contributed by atoms with van der Waals surface area (Å²) in [4.78, 5) is 9.01. The van der Waals surface area contributed by atoms with Crippen molar-refractivity contribution in [2.24, 2.45) is 7.05 Å². The first-order chi connectivity index (χ1) is 12.1. The third-order valence-corrected chi connectivity index (χ3v) is 4.35. The van der Waals surface area contributed by atoms with Gasteiger partial charge in [-0.1, -0.05) is 12.1 Å². The SMILES string of the molecule is Cn1nc2nc(NCC3CCCO3)nc(-c3cccc(F)c3)c2c1N. The smallest absolute Gasteiger partial charge is 0.225 e. The first-order valence-electron chi connectivity index (χ1n) is 8.23.